The highest BCUT2D eigenvalue weighted by molar-refractivity contribution is 4.83. The number of hydrogen-bond donors (Lipinski definition) is 1. The van der Waals surface area contributed by atoms with E-state index in [4.69, 9.17) is 5.73 Å². The third-order valence-electron chi connectivity index (χ3n) is 4.50. The second kappa shape index (κ2) is 8.16. The van der Waals surface area contributed by atoms with Crippen LogP contribution in [-0.4, -0.2) is 30.1 Å². The van der Waals surface area contributed by atoms with Crippen molar-refractivity contribution >= 4 is 0 Å². The fraction of sp³-hybridized carbons (Fsp3) is 1.00. The summed E-state index contributed by atoms with van der Waals surface area (Å²) in [6.07, 6.45) is 7.85. The number of nitrogens with zero attached hydrogens (tertiary/aromatic N) is 1. The zero-order valence-corrected chi connectivity index (χ0v) is 13.0. The Morgan fingerprint density at radius 1 is 1.11 bits per heavy atom. The van der Waals surface area contributed by atoms with Crippen LogP contribution < -0.4 is 5.73 Å². The number of hydrogen-bond acceptors (Lipinski definition) is 2. The van der Waals surface area contributed by atoms with E-state index in [9.17, 15) is 0 Å². The Hall–Kier alpha value is -0.0800. The molecule has 2 atom stereocenters. The van der Waals surface area contributed by atoms with Gasteiger partial charge in [0.25, 0.3) is 0 Å². The van der Waals surface area contributed by atoms with Crippen LogP contribution in [0.1, 0.15) is 66.2 Å². The lowest BCUT2D eigenvalue weighted by atomic mass is 9.84. The molecule has 0 heterocycles. The zero-order valence-electron chi connectivity index (χ0n) is 13.0. The van der Waals surface area contributed by atoms with E-state index in [2.05, 4.69) is 32.6 Å². The third kappa shape index (κ3) is 4.89. The maximum absolute atomic E-state index is 6.31. The van der Waals surface area contributed by atoms with Crippen LogP contribution in [0.15, 0.2) is 0 Å². The Balaban J connectivity index is 2.58. The van der Waals surface area contributed by atoms with E-state index in [-0.39, 0.29) is 0 Å². The summed E-state index contributed by atoms with van der Waals surface area (Å²) in [6, 6.07) is 1.20. The van der Waals surface area contributed by atoms with E-state index < -0.39 is 0 Å². The molecule has 1 aliphatic rings. The normalized spacial score (nSPS) is 25.3. The quantitative estimate of drug-likeness (QED) is 0.751. The maximum Gasteiger partial charge on any atom is 0.00902 e. The molecule has 0 radical (unpaired) electrons. The molecule has 0 aromatic heterocycles. The van der Waals surface area contributed by atoms with Crippen LogP contribution in [0.3, 0.4) is 0 Å². The molecule has 0 aromatic rings. The van der Waals surface area contributed by atoms with Gasteiger partial charge >= 0.3 is 0 Å². The molecule has 1 rings (SSSR count). The van der Waals surface area contributed by atoms with Crippen LogP contribution in [0, 0.1) is 11.8 Å². The molecule has 18 heavy (non-hydrogen) atoms. The Kier molecular flexibility index (Phi) is 7.25. The van der Waals surface area contributed by atoms with Crippen LogP contribution in [0.5, 0.6) is 0 Å². The van der Waals surface area contributed by atoms with Crippen molar-refractivity contribution in [2.75, 3.05) is 13.1 Å². The lowest BCUT2D eigenvalue weighted by Gasteiger charge is -2.38. The highest BCUT2D eigenvalue weighted by atomic mass is 15.2. The van der Waals surface area contributed by atoms with E-state index in [0.717, 1.165) is 17.9 Å². The summed E-state index contributed by atoms with van der Waals surface area (Å²) >= 11 is 0. The second-order valence-electron chi connectivity index (χ2n) is 6.53. The molecular weight excluding hydrogens is 220 g/mol. The zero-order chi connectivity index (χ0) is 13.5. The predicted molar refractivity (Wildman–Crippen MR) is 80.7 cm³/mol. The van der Waals surface area contributed by atoms with Crippen molar-refractivity contribution in [3.63, 3.8) is 0 Å². The van der Waals surface area contributed by atoms with Gasteiger partial charge in [0.1, 0.15) is 0 Å². The molecule has 0 amide bonds. The van der Waals surface area contributed by atoms with Crippen molar-refractivity contribution in [1.82, 2.24) is 4.90 Å². The van der Waals surface area contributed by atoms with E-state index in [1.165, 1.54) is 51.6 Å². The van der Waals surface area contributed by atoms with Crippen molar-refractivity contribution in [2.45, 2.75) is 78.3 Å². The molecule has 2 heteroatoms. The van der Waals surface area contributed by atoms with Crippen molar-refractivity contribution in [2.24, 2.45) is 17.6 Å². The summed E-state index contributed by atoms with van der Waals surface area (Å²) in [6.45, 7) is 11.8. The lowest BCUT2D eigenvalue weighted by molar-refractivity contribution is 0.118. The maximum atomic E-state index is 6.31. The van der Waals surface area contributed by atoms with E-state index >= 15 is 0 Å². The average Bonchev–Trinajstić information content (AvgIpc) is 2.32. The van der Waals surface area contributed by atoms with Gasteiger partial charge in [0.15, 0.2) is 0 Å². The van der Waals surface area contributed by atoms with Crippen molar-refractivity contribution in [3.8, 4) is 0 Å². The predicted octanol–water partition coefficient (Wildman–Crippen LogP) is 3.65. The minimum Gasteiger partial charge on any atom is -0.327 e. The monoisotopic (exact) mass is 254 g/mol. The van der Waals surface area contributed by atoms with Crippen LogP contribution in [-0.2, 0) is 0 Å². The fourth-order valence-corrected chi connectivity index (χ4v) is 3.41. The van der Waals surface area contributed by atoms with Gasteiger partial charge in [-0.05, 0) is 37.5 Å². The molecule has 2 nitrogen and oxygen atoms in total. The van der Waals surface area contributed by atoms with E-state index in [0.29, 0.717) is 6.04 Å². The molecule has 1 aliphatic carbocycles. The van der Waals surface area contributed by atoms with Crippen molar-refractivity contribution < 1.29 is 0 Å². The summed E-state index contributed by atoms with van der Waals surface area (Å²) in [7, 11) is 0. The van der Waals surface area contributed by atoms with Gasteiger partial charge in [-0.1, -0.05) is 40.5 Å². The minimum absolute atomic E-state index is 0.447. The molecule has 108 valence electrons. The first-order chi connectivity index (χ1) is 8.58. The van der Waals surface area contributed by atoms with Gasteiger partial charge in [-0.2, -0.15) is 0 Å². The Labute approximate surface area is 114 Å². The Morgan fingerprint density at radius 2 is 1.72 bits per heavy atom. The molecule has 2 N–H and O–H groups in total. The van der Waals surface area contributed by atoms with Crippen LogP contribution in [0.25, 0.3) is 0 Å². The first-order valence-corrected chi connectivity index (χ1v) is 8.08. The highest BCUT2D eigenvalue weighted by Crippen LogP contribution is 2.25. The van der Waals surface area contributed by atoms with Gasteiger partial charge in [-0.25, -0.2) is 0 Å². The van der Waals surface area contributed by atoms with Gasteiger partial charge in [0.05, 0.1) is 0 Å². The first-order valence-electron chi connectivity index (χ1n) is 8.08. The van der Waals surface area contributed by atoms with Gasteiger partial charge in [-0.15, -0.1) is 0 Å². The molecule has 2 unspecified atom stereocenters. The lowest BCUT2D eigenvalue weighted by Crippen LogP contribution is -2.46. The summed E-state index contributed by atoms with van der Waals surface area (Å²) in [4.78, 5) is 2.72. The Morgan fingerprint density at radius 3 is 2.22 bits per heavy atom. The molecule has 0 bridgehead atoms. The largest absolute Gasteiger partial charge is 0.327 e. The summed E-state index contributed by atoms with van der Waals surface area (Å²) < 4.78 is 0. The number of nitrogens with two attached hydrogens (primary N) is 1. The average molecular weight is 254 g/mol. The highest BCUT2D eigenvalue weighted by Gasteiger charge is 2.26. The standard InChI is InChI=1S/C16H34N2/c1-5-15(6-2)18(11-13(3)4)12-14-9-7-8-10-16(14)17/h13-16H,5-12,17H2,1-4H3. The van der Waals surface area contributed by atoms with E-state index in [1.807, 2.05) is 0 Å². The molecule has 1 fully saturated rings. The SMILES string of the molecule is CCC(CC)N(CC(C)C)CC1CCCCC1N. The van der Waals surface area contributed by atoms with Crippen molar-refractivity contribution in [1.29, 1.82) is 0 Å². The van der Waals surface area contributed by atoms with Crippen molar-refractivity contribution in [3.05, 3.63) is 0 Å². The topological polar surface area (TPSA) is 29.3 Å². The molecule has 0 spiro atoms. The van der Waals surface area contributed by atoms with Crippen LogP contribution in [0.2, 0.25) is 0 Å². The van der Waals surface area contributed by atoms with Crippen LogP contribution in [0.4, 0.5) is 0 Å². The molecule has 0 aliphatic heterocycles. The molecule has 1 saturated carbocycles. The smallest absolute Gasteiger partial charge is 0.00902 e. The van der Waals surface area contributed by atoms with Gasteiger partial charge in [0, 0.05) is 25.2 Å². The fourth-order valence-electron chi connectivity index (χ4n) is 3.41. The van der Waals surface area contributed by atoms with Gasteiger partial charge in [-0.3, -0.25) is 4.90 Å². The minimum atomic E-state index is 0.447. The first kappa shape index (κ1) is 16.0. The second-order valence-corrected chi connectivity index (χ2v) is 6.53. The molecule has 0 saturated heterocycles. The van der Waals surface area contributed by atoms with Crippen LogP contribution >= 0.6 is 0 Å². The molecule has 0 aromatic carbocycles. The van der Waals surface area contributed by atoms with Gasteiger partial charge in [0.2, 0.25) is 0 Å². The molecular formula is C16H34N2. The number of rotatable bonds is 7. The summed E-state index contributed by atoms with van der Waals surface area (Å²) in [5, 5.41) is 0. The van der Waals surface area contributed by atoms with E-state index in [1.54, 1.807) is 0 Å². The summed E-state index contributed by atoms with van der Waals surface area (Å²) in [5.41, 5.74) is 6.31. The van der Waals surface area contributed by atoms with Gasteiger partial charge < -0.3 is 5.73 Å². The Bertz CT molecular complexity index is 211. The summed E-state index contributed by atoms with van der Waals surface area (Å²) in [5.74, 6) is 1.49. The third-order valence-corrected chi connectivity index (χ3v) is 4.50.